The van der Waals surface area contributed by atoms with E-state index in [1.807, 2.05) is 94.1 Å². The molecule has 234 valence electrons. The van der Waals surface area contributed by atoms with E-state index in [1.165, 1.54) is 0 Å². The fraction of sp³-hybridized carbons (Fsp3) is 0. The molecule has 0 aliphatic heterocycles. The van der Waals surface area contributed by atoms with E-state index in [1.54, 1.807) is 24.3 Å². The van der Waals surface area contributed by atoms with Gasteiger partial charge in [0, 0.05) is 33.6 Å². The predicted octanol–water partition coefficient (Wildman–Crippen LogP) is 9.61. The van der Waals surface area contributed by atoms with Crippen LogP contribution in [0.5, 0.6) is 0 Å². The summed E-state index contributed by atoms with van der Waals surface area (Å²) in [6.07, 6.45) is 0. The Balaban J connectivity index is 1.12. The molecule has 0 spiro atoms. The lowest BCUT2D eigenvalue weighted by molar-refractivity contribution is 1.07. The van der Waals surface area contributed by atoms with Gasteiger partial charge < -0.3 is 0 Å². The topological polar surface area (TPSA) is 89.6 Å². The molecule has 6 aromatic carbocycles. The van der Waals surface area contributed by atoms with Gasteiger partial charge in [-0.1, -0.05) is 109 Å². The molecule has 0 saturated carbocycles. The second kappa shape index (κ2) is 13.0. The Morgan fingerprint density at radius 3 is 1.08 bits per heavy atom. The molecule has 0 atom stereocenters. The summed E-state index contributed by atoms with van der Waals surface area (Å²) in [6, 6.07) is 53.6. The van der Waals surface area contributed by atoms with Gasteiger partial charge in [-0.05, 0) is 59.7 Å². The van der Waals surface area contributed by atoms with Crippen LogP contribution in [0.25, 0.3) is 72.9 Å². The van der Waals surface area contributed by atoms with Gasteiger partial charge in [-0.3, -0.25) is 9.13 Å². The van der Waals surface area contributed by atoms with Crippen molar-refractivity contribution < 1.29 is 0 Å². The van der Waals surface area contributed by atoms with Crippen LogP contribution in [-0.4, -0.2) is 29.5 Å². The highest BCUT2D eigenvalue weighted by atomic mass is 15.3. The Kier molecular flexibility index (Phi) is 7.79. The molecule has 0 bridgehead atoms. The molecule has 0 amide bonds. The van der Waals surface area contributed by atoms with Gasteiger partial charge in [0.2, 0.25) is 0 Å². The first-order valence-electron chi connectivity index (χ1n) is 15.9. The smallest absolute Gasteiger partial charge is 0.187 e. The molecule has 2 aromatic heterocycles. The summed E-state index contributed by atoms with van der Waals surface area (Å²) in [5, 5.41) is 27.7. The van der Waals surface area contributed by atoms with Crippen LogP contribution in [0.3, 0.4) is 0 Å². The summed E-state index contributed by atoms with van der Waals surface area (Å²) in [5.41, 5.74) is 8.78. The van der Waals surface area contributed by atoms with Crippen LogP contribution >= 0.6 is 0 Å². The standard InChI is InChI=1S/C42H26N8/c1-44-36-26-24-35(25-27-36)42-48-47-41(50(42)38-10-6-3-7-11-38)34-22-18-31(19-23-34)30-16-20-33(21-17-30)40-46-45-39(32-14-12-29(28-43)13-15-32)49(40)37-8-4-2-5-9-37/h2-27H. The average molecular weight is 643 g/mol. The maximum atomic E-state index is 9.27. The number of hydrogen-bond donors (Lipinski definition) is 0. The Bertz CT molecular complexity index is 2320. The van der Waals surface area contributed by atoms with E-state index in [0.717, 1.165) is 56.4 Å². The molecule has 8 aromatic rings. The first kappa shape index (κ1) is 29.9. The molecular weight excluding hydrogens is 617 g/mol. The number of benzene rings is 6. The van der Waals surface area contributed by atoms with E-state index in [9.17, 15) is 5.26 Å². The van der Waals surface area contributed by atoms with E-state index < -0.39 is 0 Å². The number of nitriles is 1. The molecule has 0 radical (unpaired) electrons. The number of aromatic nitrogens is 6. The predicted molar refractivity (Wildman–Crippen MR) is 194 cm³/mol. The normalized spacial score (nSPS) is 10.8. The first-order chi connectivity index (χ1) is 24.7. The number of nitrogens with zero attached hydrogens (tertiary/aromatic N) is 8. The quantitative estimate of drug-likeness (QED) is 0.162. The summed E-state index contributed by atoms with van der Waals surface area (Å²) in [7, 11) is 0. The van der Waals surface area contributed by atoms with Crippen molar-refractivity contribution in [3.63, 3.8) is 0 Å². The molecule has 0 aliphatic carbocycles. The van der Waals surface area contributed by atoms with Gasteiger partial charge in [0.05, 0.1) is 18.2 Å². The zero-order valence-electron chi connectivity index (χ0n) is 26.6. The molecule has 0 N–H and O–H groups in total. The van der Waals surface area contributed by atoms with Gasteiger partial charge in [-0.2, -0.15) is 5.26 Å². The van der Waals surface area contributed by atoms with Crippen molar-refractivity contribution in [2.45, 2.75) is 0 Å². The van der Waals surface area contributed by atoms with Gasteiger partial charge in [-0.25, -0.2) is 4.85 Å². The van der Waals surface area contributed by atoms with Crippen LogP contribution in [-0.2, 0) is 0 Å². The lowest BCUT2D eigenvalue weighted by Gasteiger charge is -2.12. The molecule has 0 fully saturated rings. The number of para-hydroxylation sites is 2. The third-order valence-corrected chi connectivity index (χ3v) is 8.50. The molecule has 0 aliphatic rings. The zero-order chi connectivity index (χ0) is 33.9. The summed E-state index contributed by atoms with van der Waals surface area (Å²) in [6.45, 7) is 7.30. The van der Waals surface area contributed by atoms with E-state index in [0.29, 0.717) is 22.9 Å². The molecule has 2 heterocycles. The van der Waals surface area contributed by atoms with E-state index in [-0.39, 0.29) is 0 Å². The summed E-state index contributed by atoms with van der Waals surface area (Å²) < 4.78 is 4.09. The monoisotopic (exact) mass is 642 g/mol. The van der Waals surface area contributed by atoms with Gasteiger partial charge in [0.25, 0.3) is 0 Å². The molecular formula is C42H26N8. The molecule has 0 unspecified atom stereocenters. The molecule has 8 heteroatoms. The van der Waals surface area contributed by atoms with Crippen LogP contribution in [0.15, 0.2) is 158 Å². The van der Waals surface area contributed by atoms with Crippen LogP contribution in [0.1, 0.15) is 5.56 Å². The fourth-order valence-corrected chi connectivity index (χ4v) is 5.96. The Labute approximate surface area is 288 Å². The summed E-state index contributed by atoms with van der Waals surface area (Å²) >= 11 is 0. The number of hydrogen-bond acceptors (Lipinski definition) is 5. The van der Waals surface area contributed by atoms with Crippen LogP contribution in [0.4, 0.5) is 5.69 Å². The third-order valence-electron chi connectivity index (χ3n) is 8.50. The van der Waals surface area contributed by atoms with E-state index in [2.05, 4.69) is 79.8 Å². The van der Waals surface area contributed by atoms with Gasteiger partial charge >= 0.3 is 0 Å². The molecule has 8 rings (SSSR count). The first-order valence-corrected chi connectivity index (χ1v) is 15.9. The van der Waals surface area contributed by atoms with Gasteiger partial charge in [0.1, 0.15) is 0 Å². The van der Waals surface area contributed by atoms with E-state index >= 15 is 0 Å². The fourth-order valence-electron chi connectivity index (χ4n) is 5.96. The van der Waals surface area contributed by atoms with Gasteiger partial charge in [0.15, 0.2) is 29.0 Å². The van der Waals surface area contributed by atoms with Gasteiger partial charge in [-0.15, -0.1) is 20.4 Å². The SMILES string of the molecule is [C-]#[N+]c1ccc(-c2nnc(-c3ccc(-c4ccc(-c5nnc(-c6ccc(C#N)cc6)n5-c5ccccc5)cc4)cc3)n2-c2ccccc2)cc1. The minimum absolute atomic E-state index is 0.578. The third kappa shape index (κ3) is 5.60. The van der Waals surface area contributed by atoms with Crippen molar-refractivity contribution >= 4 is 5.69 Å². The minimum atomic E-state index is 0.578. The Hall–Kier alpha value is -7.42. The summed E-state index contributed by atoms with van der Waals surface area (Å²) in [5.74, 6) is 2.84. The minimum Gasteiger partial charge on any atom is -0.275 e. The Morgan fingerprint density at radius 1 is 0.420 bits per heavy atom. The van der Waals surface area contributed by atoms with Crippen molar-refractivity contribution in [1.29, 1.82) is 5.26 Å². The molecule has 50 heavy (non-hydrogen) atoms. The maximum Gasteiger partial charge on any atom is 0.187 e. The highest BCUT2D eigenvalue weighted by molar-refractivity contribution is 5.74. The van der Waals surface area contributed by atoms with Crippen molar-refractivity contribution in [2.75, 3.05) is 0 Å². The van der Waals surface area contributed by atoms with Crippen LogP contribution < -0.4 is 0 Å². The van der Waals surface area contributed by atoms with Crippen molar-refractivity contribution in [1.82, 2.24) is 29.5 Å². The van der Waals surface area contributed by atoms with Crippen molar-refractivity contribution in [3.05, 3.63) is 175 Å². The van der Waals surface area contributed by atoms with Crippen molar-refractivity contribution in [3.8, 4) is 74.1 Å². The van der Waals surface area contributed by atoms with Crippen LogP contribution in [0, 0.1) is 17.9 Å². The zero-order valence-corrected chi connectivity index (χ0v) is 26.6. The average Bonchev–Trinajstić information content (AvgIpc) is 3.85. The second-order valence-corrected chi connectivity index (χ2v) is 11.5. The second-order valence-electron chi connectivity index (χ2n) is 11.5. The lowest BCUT2D eigenvalue weighted by Crippen LogP contribution is -2.00. The van der Waals surface area contributed by atoms with E-state index in [4.69, 9.17) is 6.57 Å². The maximum absolute atomic E-state index is 9.27. The highest BCUT2D eigenvalue weighted by Gasteiger charge is 2.19. The molecule has 8 nitrogen and oxygen atoms in total. The Morgan fingerprint density at radius 2 is 0.740 bits per heavy atom. The van der Waals surface area contributed by atoms with Crippen molar-refractivity contribution in [2.24, 2.45) is 0 Å². The lowest BCUT2D eigenvalue weighted by atomic mass is 10.0. The molecule has 0 saturated heterocycles. The highest BCUT2D eigenvalue weighted by Crippen LogP contribution is 2.33. The summed E-state index contributed by atoms with van der Waals surface area (Å²) in [4.78, 5) is 3.52. The van der Waals surface area contributed by atoms with Crippen LogP contribution in [0.2, 0.25) is 0 Å². The largest absolute Gasteiger partial charge is 0.275 e. The number of rotatable bonds is 7.